The maximum Gasteiger partial charge on any atom is 0.322 e. The number of sulfonamides is 1. The van der Waals surface area contributed by atoms with Crippen LogP contribution in [0.2, 0.25) is 0 Å². The molecule has 0 bridgehead atoms. The number of aryl methyl sites for hydroxylation is 2. The number of carboxylic acids is 1. The predicted molar refractivity (Wildman–Crippen MR) is 91.8 cm³/mol. The second-order valence-corrected chi connectivity index (χ2v) is 8.03. The van der Waals surface area contributed by atoms with Crippen LogP contribution in [0.4, 0.5) is 0 Å². The van der Waals surface area contributed by atoms with E-state index >= 15 is 0 Å². The molecule has 0 radical (unpaired) electrons. The minimum absolute atomic E-state index is 0.0602. The maximum atomic E-state index is 12.8. The molecule has 0 aromatic heterocycles. The van der Waals surface area contributed by atoms with Crippen molar-refractivity contribution in [1.29, 1.82) is 0 Å². The summed E-state index contributed by atoms with van der Waals surface area (Å²) in [7, 11) is -3.56. The number of benzene rings is 1. The van der Waals surface area contributed by atoms with Gasteiger partial charge in [-0.15, -0.1) is 0 Å². The first-order chi connectivity index (χ1) is 11.7. The van der Waals surface area contributed by atoms with Crippen LogP contribution in [0.1, 0.15) is 11.1 Å². The Morgan fingerprint density at radius 1 is 1.16 bits per heavy atom. The molecule has 9 heteroatoms. The van der Waals surface area contributed by atoms with Crippen LogP contribution in [0.25, 0.3) is 0 Å². The van der Waals surface area contributed by atoms with Crippen molar-refractivity contribution in [3.63, 3.8) is 0 Å². The van der Waals surface area contributed by atoms with E-state index in [2.05, 4.69) is 5.32 Å². The van der Waals surface area contributed by atoms with Gasteiger partial charge in [-0.2, -0.15) is 4.31 Å². The summed E-state index contributed by atoms with van der Waals surface area (Å²) in [5.41, 5.74) is 1.60. The summed E-state index contributed by atoms with van der Waals surface area (Å²) in [6.45, 7) is 4.70. The Hall–Kier alpha value is -1.97. The summed E-state index contributed by atoms with van der Waals surface area (Å²) in [5.74, 6) is -1.48. The zero-order valence-electron chi connectivity index (χ0n) is 14.4. The summed E-state index contributed by atoms with van der Waals surface area (Å²) in [5, 5.41) is 10.8. The van der Waals surface area contributed by atoms with Crippen LogP contribution < -0.4 is 5.32 Å². The van der Waals surface area contributed by atoms with Crippen LogP contribution in [0.15, 0.2) is 23.1 Å². The molecule has 0 unspecified atom stereocenters. The highest BCUT2D eigenvalue weighted by Gasteiger charge is 2.30. The molecule has 1 saturated heterocycles. The number of carboxylic acid groups (broad SMARTS) is 1. The van der Waals surface area contributed by atoms with Crippen molar-refractivity contribution in [1.82, 2.24) is 14.5 Å². The largest absolute Gasteiger partial charge is 0.480 e. The molecule has 0 aliphatic carbocycles. The fraction of sp³-hybridized carbons (Fsp3) is 0.500. The number of nitrogens with one attached hydrogen (secondary N) is 1. The topological polar surface area (TPSA) is 107 Å². The molecular weight excluding hydrogens is 346 g/mol. The number of piperazine rings is 1. The molecule has 0 atom stereocenters. The molecule has 0 saturated carbocycles. The van der Waals surface area contributed by atoms with Gasteiger partial charge >= 0.3 is 5.97 Å². The van der Waals surface area contributed by atoms with E-state index in [0.717, 1.165) is 5.56 Å². The van der Waals surface area contributed by atoms with Crippen molar-refractivity contribution in [3.8, 4) is 0 Å². The van der Waals surface area contributed by atoms with E-state index < -0.39 is 22.5 Å². The van der Waals surface area contributed by atoms with Gasteiger partial charge in [0.15, 0.2) is 0 Å². The van der Waals surface area contributed by atoms with Gasteiger partial charge in [-0.25, -0.2) is 8.42 Å². The minimum atomic E-state index is -3.56. The Kier molecular flexibility index (Phi) is 6.15. The molecule has 8 nitrogen and oxygen atoms in total. The third kappa shape index (κ3) is 5.00. The highest BCUT2D eigenvalue weighted by atomic mass is 32.2. The predicted octanol–water partition coefficient (Wildman–Crippen LogP) is -0.189. The standard InChI is InChI=1S/C16H23N3O5S/c1-12-3-4-13(2)14(9-12)25(23,24)19-7-5-18(6-8-19)11-15(20)17-10-16(21)22/h3-4,9H,5-8,10-11H2,1-2H3,(H,17,20)(H,21,22). The summed E-state index contributed by atoms with van der Waals surface area (Å²) >= 11 is 0. The number of hydrogen-bond acceptors (Lipinski definition) is 5. The molecule has 1 aromatic rings. The number of aliphatic carboxylic acids is 1. The Balaban J connectivity index is 1.96. The van der Waals surface area contributed by atoms with Crippen molar-refractivity contribution >= 4 is 21.9 Å². The van der Waals surface area contributed by atoms with Crippen LogP contribution in [0, 0.1) is 13.8 Å². The van der Waals surface area contributed by atoms with Crippen molar-refractivity contribution in [3.05, 3.63) is 29.3 Å². The summed E-state index contributed by atoms with van der Waals surface area (Å²) in [4.78, 5) is 24.2. The Labute approximate surface area is 147 Å². The summed E-state index contributed by atoms with van der Waals surface area (Å²) in [6.07, 6.45) is 0. The molecule has 2 rings (SSSR count). The third-order valence-electron chi connectivity index (χ3n) is 4.10. The highest BCUT2D eigenvalue weighted by molar-refractivity contribution is 7.89. The maximum absolute atomic E-state index is 12.8. The quantitative estimate of drug-likeness (QED) is 0.720. The molecule has 0 spiro atoms. The van der Waals surface area contributed by atoms with Gasteiger partial charge in [-0.1, -0.05) is 12.1 Å². The lowest BCUT2D eigenvalue weighted by Crippen LogP contribution is -2.51. The molecular formula is C16H23N3O5S. The average molecular weight is 369 g/mol. The van der Waals surface area contributed by atoms with E-state index in [1.54, 1.807) is 19.1 Å². The SMILES string of the molecule is Cc1ccc(C)c(S(=O)(=O)N2CCN(CC(=O)NCC(=O)O)CC2)c1. The van der Waals surface area contributed by atoms with Crippen molar-refractivity contribution in [2.75, 3.05) is 39.3 Å². The zero-order chi connectivity index (χ0) is 18.6. The van der Waals surface area contributed by atoms with E-state index in [1.165, 1.54) is 4.31 Å². The van der Waals surface area contributed by atoms with Crippen molar-refractivity contribution in [2.24, 2.45) is 0 Å². The third-order valence-corrected chi connectivity index (χ3v) is 6.14. The number of amides is 1. The Morgan fingerprint density at radius 2 is 1.80 bits per heavy atom. The van der Waals surface area contributed by atoms with E-state index in [0.29, 0.717) is 36.6 Å². The lowest BCUT2D eigenvalue weighted by atomic mass is 10.2. The van der Waals surface area contributed by atoms with Crippen LogP contribution in [-0.2, 0) is 19.6 Å². The first-order valence-corrected chi connectivity index (χ1v) is 9.42. The van der Waals surface area contributed by atoms with Crippen molar-refractivity contribution < 1.29 is 23.1 Å². The smallest absolute Gasteiger partial charge is 0.322 e. The molecule has 1 aliphatic heterocycles. The lowest BCUT2D eigenvalue weighted by Gasteiger charge is -2.33. The lowest BCUT2D eigenvalue weighted by molar-refractivity contribution is -0.138. The van der Waals surface area contributed by atoms with Crippen LogP contribution in [-0.4, -0.2) is 73.9 Å². The molecule has 25 heavy (non-hydrogen) atoms. The van der Waals surface area contributed by atoms with E-state index in [1.807, 2.05) is 17.9 Å². The highest BCUT2D eigenvalue weighted by Crippen LogP contribution is 2.22. The van der Waals surface area contributed by atoms with E-state index in [-0.39, 0.29) is 12.5 Å². The number of hydrogen-bond donors (Lipinski definition) is 2. The fourth-order valence-corrected chi connectivity index (χ4v) is 4.42. The van der Waals surface area contributed by atoms with Crippen LogP contribution in [0.3, 0.4) is 0 Å². The molecule has 1 aromatic carbocycles. The first-order valence-electron chi connectivity index (χ1n) is 7.98. The molecule has 1 amide bonds. The minimum Gasteiger partial charge on any atom is -0.480 e. The van der Waals surface area contributed by atoms with Gasteiger partial charge in [0.05, 0.1) is 11.4 Å². The zero-order valence-corrected chi connectivity index (χ0v) is 15.2. The van der Waals surface area contributed by atoms with E-state index in [4.69, 9.17) is 5.11 Å². The normalized spacial score (nSPS) is 16.6. The van der Waals surface area contributed by atoms with Gasteiger partial charge in [-0.3, -0.25) is 14.5 Å². The van der Waals surface area contributed by atoms with Crippen molar-refractivity contribution in [2.45, 2.75) is 18.7 Å². The fourth-order valence-electron chi connectivity index (χ4n) is 2.69. The molecule has 1 aliphatic rings. The second kappa shape index (κ2) is 7.94. The number of carbonyl (C=O) groups excluding carboxylic acids is 1. The van der Waals surface area contributed by atoms with Gasteiger partial charge in [0.1, 0.15) is 6.54 Å². The van der Waals surface area contributed by atoms with E-state index in [9.17, 15) is 18.0 Å². The Bertz CT molecular complexity index is 755. The monoisotopic (exact) mass is 369 g/mol. The summed E-state index contributed by atoms with van der Waals surface area (Å²) < 4.78 is 27.1. The molecule has 1 fully saturated rings. The molecule has 2 N–H and O–H groups in total. The Morgan fingerprint density at radius 3 is 2.40 bits per heavy atom. The van der Waals surface area contributed by atoms with Crippen LogP contribution in [0.5, 0.6) is 0 Å². The number of carbonyl (C=O) groups is 2. The van der Waals surface area contributed by atoms with Gasteiger partial charge in [0.2, 0.25) is 15.9 Å². The first kappa shape index (κ1) is 19.4. The molecule has 138 valence electrons. The van der Waals surface area contributed by atoms with Gasteiger partial charge in [0.25, 0.3) is 0 Å². The van der Waals surface area contributed by atoms with Crippen LogP contribution >= 0.6 is 0 Å². The second-order valence-electron chi connectivity index (χ2n) is 6.12. The van der Waals surface area contributed by atoms with Gasteiger partial charge in [-0.05, 0) is 31.0 Å². The number of rotatable bonds is 6. The molecule has 1 heterocycles. The summed E-state index contributed by atoms with van der Waals surface area (Å²) in [6, 6.07) is 5.35. The number of nitrogens with zero attached hydrogens (tertiary/aromatic N) is 2. The van der Waals surface area contributed by atoms with Gasteiger partial charge in [0, 0.05) is 26.2 Å². The average Bonchev–Trinajstić information content (AvgIpc) is 2.55. The van der Waals surface area contributed by atoms with Gasteiger partial charge < -0.3 is 10.4 Å².